The molecule has 0 unspecified atom stereocenters. The number of carbonyl (C=O) groups excluding carboxylic acids is 1. The summed E-state index contributed by atoms with van der Waals surface area (Å²) in [4.78, 5) is 26.2. The van der Waals surface area contributed by atoms with E-state index in [0.29, 0.717) is 30.4 Å². The van der Waals surface area contributed by atoms with Crippen LogP contribution in [0.1, 0.15) is 38.8 Å². The highest BCUT2D eigenvalue weighted by molar-refractivity contribution is 7.91. The molecule has 4 aromatic rings. The van der Waals surface area contributed by atoms with Crippen LogP contribution in [0.4, 0.5) is 0 Å². The van der Waals surface area contributed by atoms with Gasteiger partial charge in [-0.3, -0.25) is 9.78 Å². The SMILES string of the molecule is Cc1ncc2c(CNC(=O)c3cc(S(=O)(=O)c4ccc5c(c4)COC5)c(C)n3C)nccc2n1. The molecule has 1 aliphatic heterocycles. The quantitative estimate of drug-likeness (QED) is 0.470. The second-order valence-corrected chi connectivity index (χ2v) is 10.2. The lowest BCUT2D eigenvalue weighted by Crippen LogP contribution is -2.25. The maximum Gasteiger partial charge on any atom is 0.268 e. The summed E-state index contributed by atoms with van der Waals surface area (Å²) in [6.45, 7) is 4.53. The van der Waals surface area contributed by atoms with Gasteiger partial charge in [0.1, 0.15) is 11.5 Å². The first-order valence-electron chi connectivity index (χ1n) is 10.7. The molecule has 4 heterocycles. The number of benzene rings is 1. The highest BCUT2D eigenvalue weighted by Gasteiger charge is 2.27. The van der Waals surface area contributed by atoms with Gasteiger partial charge in [-0.15, -0.1) is 0 Å². The van der Waals surface area contributed by atoms with Crippen LogP contribution in [0.2, 0.25) is 0 Å². The van der Waals surface area contributed by atoms with Crippen LogP contribution in [0.25, 0.3) is 10.9 Å². The van der Waals surface area contributed by atoms with Gasteiger partial charge in [-0.25, -0.2) is 18.4 Å². The number of aryl methyl sites for hydroxylation is 1. The standard InChI is InChI=1S/C24H23N5O4S/c1-14-23(34(31,32)18-5-4-16-12-33-13-17(16)8-18)9-22(29(14)3)24(30)27-11-21-19-10-26-15(2)28-20(19)6-7-25-21/h4-10H,11-13H2,1-3H3,(H,27,30). The summed E-state index contributed by atoms with van der Waals surface area (Å²) in [5.41, 5.74) is 3.96. The monoisotopic (exact) mass is 477 g/mol. The third kappa shape index (κ3) is 3.74. The Labute approximate surface area is 196 Å². The van der Waals surface area contributed by atoms with E-state index in [-0.39, 0.29) is 22.0 Å². The van der Waals surface area contributed by atoms with Crippen molar-refractivity contribution in [3.05, 3.63) is 76.8 Å². The average Bonchev–Trinajstić information content (AvgIpc) is 3.41. The molecule has 0 aliphatic carbocycles. The van der Waals surface area contributed by atoms with Crippen LogP contribution >= 0.6 is 0 Å². The maximum absolute atomic E-state index is 13.4. The fourth-order valence-corrected chi connectivity index (χ4v) is 5.69. The fraction of sp³-hybridized carbons (Fsp3) is 0.250. The molecule has 1 amide bonds. The molecular weight excluding hydrogens is 454 g/mol. The minimum atomic E-state index is -3.81. The number of hydrogen-bond donors (Lipinski definition) is 1. The zero-order valence-electron chi connectivity index (χ0n) is 19.0. The molecule has 3 aromatic heterocycles. The summed E-state index contributed by atoms with van der Waals surface area (Å²) in [6, 6.07) is 8.24. The van der Waals surface area contributed by atoms with Crippen molar-refractivity contribution < 1.29 is 17.9 Å². The summed E-state index contributed by atoms with van der Waals surface area (Å²) in [6.07, 6.45) is 3.32. The number of pyridine rings is 1. The molecule has 34 heavy (non-hydrogen) atoms. The number of aromatic nitrogens is 4. The van der Waals surface area contributed by atoms with Gasteiger partial charge in [-0.05, 0) is 49.2 Å². The van der Waals surface area contributed by atoms with E-state index >= 15 is 0 Å². The topological polar surface area (TPSA) is 116 Å². The van der Waals surface area contributed by atoms with Crippen LogP contribution < -0.4 is 5.32 Å². The molecule has 0 bridgehead atoms. The molecule has 1 aliphatic rings. The van der Waals surface area contributed by atoms with Crippen molar-refractivity contribution in [3.8, 4) is 0 Å². The minimum Gasteiger partial charge on any atom is -0.372 e. The van der Waals surface area contributed by atoms with Gasteiger partial charge < -0.3 is 14.6 Å². The molecule has 9 nitrogen and oxygen atoms in total. The molecule has 174 valence electrons. The van der Waals surface area contributed by atoms with Crippen LogP contribution in [-0.2, 0) is 41.4 Å². The molecule has 0 atom stereocenters. The van der Waals surface area contributed by atoms with Crippen LogP contribution in [-0.4, -0.2) is 33.8 Å². The van der Waals surface area contributed by atoms with Crippen molar-refractivity contribution in [2.45, 2.75) is 43.4 Å². The van der Waals surface area contributed by atoms with E-state index in [1.807, 2.05) is 0 Å². The zero-order chi connectivity index (χ0) is 24.0. The lowest BCUT2D eigenvalue weighted by Gasteiger charge is -2.09. The normalized spacial score (nSPS) is 13.3. The summed E-state index contributed by atoms with van der Waals surface area (Å²) in [5.74, 6) is 0.249. The predicted molar refractivity (Wildman–Crippen MR) is 124 cm³/mol. The first kappa shape index (κ1) is 22.2. The van der Waals surface area contributed by atoms with Crippen molar-refractivity contribution >= 4 is 26.6 Å². The molecular formula is C24H23N5O4S. The van der Waals surface area contributed by atoms with Gasteiger partial charge in [0.05, 0.1) is 40.8 Å². The Hall–Kier alpha value is -3.63. The molecule has 1 aromatic carbocycles. The first-order chi connectivity index (χ1) is 16.3. The molecule has 0 radical (unpaired) electrons. The molecule has 1 N–H and O–H groups in total. The van der Waals surface area contributed by atoms with Gasteiger partial charge in [0, 0.05) is 30.5 Å². The van der Waals surface area contributed by atoms with E-state index in [2.05, 4.69) is 20.3 Å². The van der Waals surface area contributed by atoms with Crippen molar-refractivity contribution in [3.63, 3.8) is 0 Å². The minimum absolute atomic E-state index is 0.103. The van der Waals surface area contributed by atoms with Crippen molar-refractivity contribution in [2.75, 3.05) is 0 Å². The van der Waals surface area contributed by atoms with E-state index in [9.17, 15) is 13.2 Å². The lowest BCUT2D eigenvalue weighted by molar-refractivity contribution is 0.0942. The van der Waals surface area contributed by atoms with E-state index in [1.165, 1.54) is 6.07 Å². The number of amides is 1. The number of rotatable bonds is 5. The molecule has 0 fully saturated rings. The Bertz CT molecular complexity index is 1560. The molecule has 10 heteroatoms. The van der Waals surface area contributed by atoms with Gasteiger partial charge >= 0.3 is 0 Å². The Balaban J connectivity index is 1.42. The van der Waals surface area contributed by atoms with Crippen LogP contribution in [0.5, 0.6) is 0 Å². The number of nitrogens with zero attached hydrogens (tertiary/aromatic N) is 4. The maximum atomic E-state index is 13.4. The van der Waals surface area contributed by atoms with Gasteiger partial charge in [-0.2, -0.15) is 0 Å². The second kappa shape index (κ2) is 8.30. The molecule has 0 saturated carbocycles. The van der Waals surface area contributed by atoms with E-state index < -0.39 is 15.7 Å². The Morgan fingerprint density at radius 2 is 1.91 bits per heavy atom. The van der Waals surface area contributed by atoms with Crippen LogP contribution in [0, 0.1) is 13.8 Å². The van der Waals surface area contributed by atoms with Crippen molar-refractivity contribution in [1.82, 2.24) is 24.8 Å². The highest BCUT2D eigenvalue weighted by Crippen LogP contribution is 2.30. The largest absolute Gasteiger partial charge is 0.372 e. The number of sulfone groups is 1. The number of carbonyl (C=O) groups is 1. The first-order valence-corrected chi connectivity index (χ1v) is 12.2. The molecule has 5 rings (SSSR count). The summed E-state index contributed by atoms with van der Waals surface area (Å²) >= 11 is 0. The summed E-state index contributed by atoms with van der Waals surface area (Å²) in [7, 11) is -2.14. The summed E-state index contributed by atoms with van der Waals surface area (Å²) < 4.78 is 33.8. The highest BCUT2D eigenvalue weighted by atomic mass is 32.2. The lowest BCUT2D eigenvalue weighted by atomic mass is 10.1. The van der Waals surface area contributed by atoms with Gasteiger partial charge in [0.2, 0.25) is 9.84 Å². The van der Waals surface area contributed by atoms with Crippen molar-refractivity contribution in [2.24, 2.45) is 7.05 Å². The number of hydrogen-bond acceptors (Lipinski definition) is 7. The van der Waals surface area contributed by atoms with E-state index in [1.54, 1.807) is 62.1 Å². The smallest absolute Gasteiger partial charge is 0.268 e. The van der Waals surface area contributed by atoms with E-state index in [4.69, 9.17) is 4.74 Å². The van der Waals surface area contributed by atoms with Gasteiger partial charge in [-0.1, -0.05) is 6.07 Å². The number of ether oxygens (including phenoxy) is 1. The third-order valence-electron chi connectivity index (χ3n) is 6.14. The fourth-order valence-electron chi connectivity index (χ4n) is 4.10. The molecule has 0 saturated heterocycles. The Morgan fingerprint density at radius 1 is 1.12 bits per heavy atom. The van der Waals surface area contributed by atoms with Crippen molar-refractivity contribution in [1.29, 1.82) is 0 Å². The second-order valence-electron chi connectivity index (χ2n) is 8.26. The van der Waals surface area contributed by atoms with Gasteiger partial charge in [0.15, 0.2) is 0 Å². The van der Waals surface area contributed by atoms with Gasteiger partial charge in [0.25, 0.3) is 5.91 Å². The van der Waals surface area contributed by atoms with Crippen LogP contribution in [0.3, 0.4) is 0 Å². The third-order valence-corrected chi connectivity index (χ3v) is 8.01. The van der Waals surface area contributed by atoms with E-state index in [0.717, 1.165) is 22.0 Å². The van der Waals surface area contributed by atoms with Crippen LogP contribution in [0.15, 0.2) is 52.5 Å². The Kier molecular flexibility index (Phi) is 5.41. The zero-order valence-corrected chi connectivity index (χ0v) is 19.8. The molecule has 0 spiro atoms. The Morgan fingerprint density at radius 3 is 2.74 bits per heavy atom. The number of nitrogens with one attached hydrogen (secondary N) is 1. The summed E-state index contributed by atoms with van der Waals surface area (Å²) in [5, 5.41) is 3.59. The predicted octanol–water partition coefficient (Wildman–Crippen LogP) is 2.77. The average molecular weight is 478 g/mol. The number of fused-ring (bicyclic) bond motifs is 2.